The maximum absolute atomic E-state index is 11.7. The van der Waals surface area contributed by atoms with Gasteiger partial charge in [-0.25, -0.2) is 4.68 Å². The Balaban J connectivity index is 2.42. The highest BCUT2D eigenvalue weighted by atomic mass is 16.1. The first-order valence-corrected chi connectivity index (χ1v) is 6.93. The highest BCUT2D eigenvalue weighted by molar-refractivity contribution is 5.36. The number of nitrogens with two attached hydrogens (primary N) is 1. The third-order valence-electron chi connectivity index (χ3n) is 3.41. The van der Waals surface area contributed by atoms with Crippen molar-refractivity contribution in [2.75, 3.05) is 0 Å². The number of hydrogen-bond acceptors (Lipinski definition) is 3. The van der Waals surface area contributed by atoms with Gasteiger partial charge in [-0.1, -0.05) is 30.7 Å². The molecule has 0 amide bonds. The Hall–Kier alpha value is -1.94. The fourth-order valence-electron chi connectivity index (χ4n) is 2.26. The number of rotatable bonds is 4. The van der Waals surface area contributed by atoms with E-state index in [-0.39, 0.29) is 11.6 Å². The van der Waals surface area contributed by atoms with Crippen LogP contribution in [0, 0.1) is 13.8 Å². The van der Waals surface area contributed by atoms with E-state index in [0.717, 1.165) is 23.2 Å². The molecule has 2 N–H and O–H groups in total. The zero-order valence-corrected chi connectivity index (χ0v) is 12.3. The van der Waals surface area contributed by atoms with Crippen LogP contribution in [-0.4, -0.2) is 9.78 Å². The number of benzene rings is 1. The smallest absolute Gasteiger partial charge is 0.266 e. The molecule has 2 aromatic rings. The molecule has 4 heteroatoms. The Morgan fingerprint density at radius 1 is 1.25 bits per heavy atom. The second kappa shape index (κ2) is 6.01. The van der Waals surface area contributed by atoms with Crippen LogP contribution in [0.4, 0.5) is 0 Å². The highest BCUT2D eigenvalue weighted by Gasteiger charge is 2.14. The largest absolute Gasteiger partial charge is 0.319 e. The Kier molecular flexibility index (Phi) is 4.35. The zero-order valence-electron chi connectivity index (χ0n) is 12.3. The molecule has 0 spiro atoms. The lowest BCUT2D eigenvalue weighted by Gasteiger charge is -2.16. The predicted molar refractivity (Wildman–Crippen MR) is 80.7 cm³/mol. The van der Waals surface area contributed by atoms with E-state index in [1.54, 1.807) is 12.1 Å². The molecular weight excluding hydrogens is 250 g/mol. The minimum Gasteiger partial charge on any atom is -0.319 e. The number of aromatic nitrogens is 2. The molecule has 20 heavy (non-hydrogen) atoms. The van der Waals surface area contributed by atoms with Gasteiger partial charge in [-0.3, -0.25) is 4.79 Å². The summed E-state index contributed by atoms with van der Waals surface area (Å²) in [7, 11) is 0. The minimum atomic E-state index is -0.307. The Labute approximate surface area is 119 Å². The van der Waals surface area contributed by atoms with Gasteiger partial charge < -0.3 is 5.73 Å². The molecule has 0 aliphatic rings. The van der Waals surface area contributed by atoms with Gasteiger partial charge in [0.1, 0.15) is 0 Å². The molecule has 0 saturated carbocycles. The van der Waals surface area contributed by atoms with E-state index in [1.165, 1.54) is 10.2 Å². The molecule has 2 rings (SSSR count). The van der Waals surface area contributed by atoms with Crippen LogP contribution in [0.1, 0.15) is 41.8 Å². The van der Waals surface area contributed by atoms with Crippen molar-refractivity contribution in [3.05, 3.63) is 63.1 Å². The normalized spacial score (nSPS) is 12.4. The summed E-state index contributed by atoms with van der Waals surface area (Å²) in [5.74, 6) is 0. The number of aryl methyl sites for hydroxylation is 3. The summed E-state index contributed by atoms with van der Waals surface area (Å²) in [4.78, 5) is 11.7. The zero-order chi connectivity index (χ0) is 14.7. The van der Waals surface area contributed by atoms with Gasteiger partial charge in [0, 0.05) is 12.6 Å². The monoisotopic (exact) mass is 271 g/mol. The number of hydrogen-bond donors (Lipinski definition) is 1. The molecule has 0 saturated heterocycles. The molecule has 1 atom stereocenters. The molecule has 1 heterocycles. The Morgan fingerprint density at radius 3 is 2.70 bits per heavy atom. The first kappa shape index (κ1) is 14.5. The Morgan fingerprint density at radius 2 is 2.00 bits per heavy atom. The highest BCUT2D eigenvalue weighted by Crippen LogP contribution is 2.21. The van der Waals surface area contributed by atoms with Crippen LogP contribution in [0.3, 0.4) is 0 Å². The lowest BCUT2D eigenvalue weighted by molar-refractivity contribution is 0.548. The van der Waals surface area contributed by atoms with E-state index in [1.807, 2.05) is 20.8 Å². The quantitative estimate of drug-likeness (QED) is 0.928. The molecule has 1 unspecified atom stereocenters. The van der Waals surface area contributed by atoms with Gasteiger partial charge in [0.15, 0.2) is 0 Å². The van der Waals surface area contributed by atoms with E-state index in [4.69, 9.17) is 5.73 Å². The molecule has 0 bridgehead atoms. The molecule has 0 fully saturated rings. The van der Waals surface area contributed by atoms with Gasteiger partial charge in [0.25, 0.3) is 5.56 Å². The molecule has 1 aromatic heterocycles. The summed E-state index contributed by atoms with van der Waals surface area (Å²) in [6.45, 7) is 6.72. The SMILES string of the molecule is CCCn1nc(C(N)c2cc(C)ccc2C)ccc1=O. The van der Waals surface area contributed by atoms with Crippen molar-refractivity contribution in [3.63, 3.8) is 0 Å². The fourth-order valence-corrected chi connectivity index (χ4v) is 2.26. The van der Waals surface area contributed by atoms with Crippen LogP contribution in [0.2, 0.25) is 0 Å². The molecule has 0 radical (unpaired) electrons. The van der Waals surface area contributed by atoms with Crippen molar-refractivity contribution >= 4 is 0 Å². The van der Waals surface area contributed by atoms with Crippen LogP contribution in [0.5, 0.6) is 0 Å². The molecule has 0 aliphatic carbocycles. The van der Waals surface area contributed by atoms with Crippen molar-refractivity contribution in [2.24, 2.45) is 5.73 Å². The third-order valence-corrected chi connectivity index (χ3v) is 3.41. The first-order chi connectivity index (χ1) is 9.52. The number of nitrogens with zero attached hydrogens (tertiary/aromatic N) is 2. The van der Waals surface area contributed by atoms with E-state index in [0.29, 0.717) is 6.54 Å². The Bertz CT molecular complexity index is 661. The van der Waals surface area contributed by atoms with Gasteiger partial charge >= 0.3 is 0 Å². The second-order valence-electron chi connectivity index (χ2n) is 5.16. The van der Waals surface area contributed by atoms with E-state index >= 15 is 0 Å². The fraction of sp³-hybridized carbons (Fsp3) is 0.375. The van der Waals surface area contributed by atoms with Gasteiger partial charge in [-0.2, -0.15) is 5.10 Å². The van der Waals surface area contributed by atoms with Crippen LogP contribution in [-0.2, 0) is 6.54 Å². The molecule has 0 aliphatic heterocycles. The topological polar surface area (TPSA) is 60.9 Å². The lowest BCUT2D eigenvalue weighted by atomic mass is 9.97. The van der Waals surface area contributed by atoms with Gasteiger partial charge in [0.2, 0.25) is 0 Å². The summed E-state index contributed by atoms with van der Waals surface area (Å²) in [6.07, 6.45) is 0.870. The van der Waals surface area contributed by atoms with E-state index in [9.17, 15) is 4.79 Å². The van der Waals surface area contributed by atoms with Crippen LogP contribution in [0.25, 0.3) is 0 Å². The molecule has 106 valence electrons. The van der Waals surface area contributed by atoms with Gasteiger partial charge in [0.05, 0.1) is 11.7 Å². The standard InChI is InChI=1S/C16H21N3O/c1-4-9-19-15(20)8-7-14(18-19)16(17)13-10-11(2)5-6-12(13)3/h5-8,10,16H,4,9,17H2,1-3H3. The third kappa shape index (κ3) is 2.96. The predicted octanol–water partition coefficient (Wildman–Crippen LogP) is 2.32. The van der Waals surface area contributed by atoms with Crippen molar-refractivity contribution in [3.8, 4) is 0 Å². The summed E-state index contributed by atoms with van der Waals surface area (Å²) >= 11 is 0. The minimum absolute atomic E-state index is 0.0798. The van der Waals surface area contributed by atoms with Gasteiger partial charge in [-0.15, -0.1) is 0 Å². The average Bonchev–Trinajstić information content (AvgIpc) is 2.43. The average molecular weight is 271 g/mol. The van der Waals surface area contributed by atoms with Crippen LogP contribution >= 0.6 is 0 Å². The van der Waals surface area contributed by atoms with Crippen molar-refractivity contribution in [1.29, 1.82) is 0 Å². The van der Waals surface area contributed by atoms with Crippen molar-refractivity contribution < 1.29 is 0 Å². The lowest BCUT2D eigenvalue weighted by Crippen LogP contribution is -2.26. The summed E-state index contributed by atoms with van der Waals surface area (Å²) < 4.78 is 1.49. The molecule has 1 aromatic carbocycles. The molecular formula is C16H21N3O. The van der Waals surface area contributed by atoms with Crippen LogP contribution in [0.15, 0.2) is 35.1 Å². The van der Waals surface area contributed by atoms with E-state index < -0.39 is 0 Å². The molecule has 4 nitrogen and oxygen atoms in total. The first-order valence-electron chi connectivity index (χ1n) is 6.93. The maximum Gasteiger partial charge on any atom is 0.266 e. The second-order valence-corrected chi connectivity index (χ2v) is 5.16. The van der Waals surface area contributed by atoms with Crippen molar-refractivity contribution in [2.45, 2.75) is 39.8 Å². The van der Waals surface area contributed by atoms with Crippen LogP contribution < -0.4 is 11.3 Å². The summed E-state index contributed by atoms with van der Waals surface area (Å²) in [6, 6.07) is 9.17. The summed E-state index contributed by atoms with van der Waals surface area (Å²) in [5, 5.41) is 4.39. The van der Waals surface area contributed by atoms with E-state index in [2.05, 4.69) is 23.3 Å². The maximum atomic E-state index is 11.7. The van der Waals surface area contributed by atoms with Crippen molar-refractivity contribution in [1.82, 2.24) is 9.78 Å². The van der Waals surface area contributed by atoms with Gasteiger partial charge in [-0.05, 0) is 37.5 Å². The summed E-state index contributed by atoms with van der Waals surface area (Å²) in [5.41, 5.74) is 10.3.